The maximum Gasteiger partial charge on any atom is 0.251 e. The predicted octanol–water partition coefficient (Wildman–Crippen LogP) is 3.23. The van der Waals surface area contributed by atoms with Crippen molar-refractivity contribution in [3.05, 3.63) is 29.8 Å². The summed E-state index contributed by atoms with van der Waals surface area (Å²) in [6, 6.07) is 10.1. The van der Waals surface area contributed by atoms with E-state index in [0.717, 1.165) is 36.9 Å². The predicted molar refractivity (Wildman–Crippen MR) is 76.8 cm³/mol. The molecule has 0 fully saturated rings. The average molecular weight is 272 g/mol. The second-order valence-corrected chi connectivity index (χ2v) is 5.18. The number of carbonyl (C=O) groups is 1. The zero-order chi connectivity index (χ0) is 14.4. The van der Waals surface area contributed by atoms with Crippen molar-refractivity contribution in [3.8, 4) is 6.07 Å². The molecule has 0 N–H and O–H groups in total. The molecule has 1 aromatic carbocycles. The Kier molecular flexibility index (Phi) is 5.14. The van der Waals surface area contributed by atoms with Crippen molar-refractivity contribution in [1.82, 2.24) is 0 Å². The van der Waals surface area contributed by atoms with Crippen molar-refractivity contribution in [2.75, 3.05) is 11.7 Å². The summed E-state index contributed by atoms with van der Waals surface area (Å²) in [7, 11) is 0. The molecule has 1 aliphatic rings. The van der Waals surface area contributed by atoms with Crippen LogP contribution in [0.1, 0.15) is 38.2 Å². The van der Waals surface area contributed by atoms with Gasteiger partial charge in [-0.05, 0) is 44.2 Å². The Morgan fingerprint density at radius 2 is 2.15 bits per heavy atom. The topological polar surface area (TPSA) is 53.3 Å². The summed E-state index contributed by atoms with van der Waals surface area (Å²) in [6.45, 7) is 2.43. The highest BCUT2D eigenvalue weighted by molar-refractivity contribution is 5.94. The first kappa shape index (κ1) is 14.5. The molecule has 1 heterocycles. The molecule has 20 heavy (non-hydrogen) atoms. The van der Waals surface area contributed by atoms with E-state index in [0.29, 0.717) is 13.0 Å². The third kappa shape index (κ3) is 3.58. The first-order valence-corrected chi connectivity index (χ1v) is 7.15. The lowest BCUT2D eigenvalue weighted by atomic mass is 10.0. The van der Waals surface area contributed by atoms with Gasteiger partial charge in [-0.3, -0.25) is 9.63 Å². The number of nitriles is 1. The number of hydrogen-bond acceptors (Lipinski definition) is 3. The Labute approximate surface area is 119 Å². The highest BCUT2D eigenvalue weighted by Crippen LogP contribution is 2.27. The molecule has 0 aliphatic carbocycles. The third-order valence-electron chi connectivity index (χ3n) is 3.52. The highest BCUT2D eigenvalue weighted by Gasteiger charge is 2.24. The van der Waals surface area contributed by atoms with Crippen LogP contribution in [0.2, 0.25) is 0 Å². The number of fused-ring (bicyclic) bond motifs is 1. The number of hydrogen-bond donors (Lipinski definition) is 0. The van der Waals surface area contributed by atoms with Crippen molar-refractivity contribution in [3.63, 3.8) is 0 Å². The molecule has 1 unspecified atom stereocenters. The largest absolute Gasteiger partial charge is 0.272 e. The van der Waals surface area contributed by atoms with Crippen LogP contribution in [-0.2, 0) is 16.1 Å². The normalized spacial score (nSPS) is 15.6. The number of amides is 1. The summed E-state index contributed by atoms with van der Waals surface area (Å²) < 4.78 is 0. The number of aryl methyl sites for hydroxylation is 1. The highest BCUT2D eigenvalue weighted by atomic mass is 16.7. The van der Waals surface area contributed by atoms with E-state index >= 15 is 0 Å². The van der Waals surface area contributed by atoms with Gasteiger partial charge in [0, 0.05) is 12.3 Å². The summed E-state index contributed by atoms with van der Waals surface area (Å²) >= 11 is 0. The van der Waals surface area contributed by atoms with Crippen molar-refractivity contribution >= 4 is 11.6 Å². The first-order chi connectivity index (χ1) is 9.72. The summed E-state index contributed by atoms with van der Waals surface area (Å²) in [5, 5.41) is 10.1. The van der Waals surface area contributed by atoms with Gasteiger partial charge in [0.2, 0.25) is 0 Å². The van der Waals surface area contributed by atoms with Gasteiger partial charge in [-0.15, -0.1) is 0 Å². The maximum absolute atomic E-state index is 11.9. The van der Waals surface area contributed by atoms with Crippen LogP contribution in [0.15, 0.2) is 24.3 Å². The van der Waals surface area contributed by atoms with Crippen molar-refractivity contribution in [2.24, 2.45) is 5.92 Å². The van der Waals surface area contributed by atoms with Crippen LogP contribution < -0.4 is 5.06 Å². The van der Waals surface area contributed by atoms with Crippen LogP contribution >= 0.6 is 0 Å². The molecule has 4 heteroatoms. The molecule has 1 aliphatic heterocycles. The van der Waals surface area contributed by atoms with E-state index in [1.54, 1.807) is 0 Å². The van der Waals surface area contributed by atoms with E-state index in [-0.39, 0.29) is 11.8 Å². The molecule has 1 atom stereocenters. The Morgan fingerprint density at radius 3 is 2.95 bits per heavy atom. The first-order valence-electron chi connectivity index (χ1n) is 7.15. The molecule has 4 nitrogen and oxygen atoms in total. The van der Waals surface area contributed by atoms with Crippen LogP contribution in [0.25, 0.3) is 0 Å². The van der Waals surface area contributed by atoms with Gasteiger partial charge in [0.15, 0.2) is 0 Å². The number of unbranched alkanes of at least 4 members (excludes halogenated alkanes) is 1. The number of anilines is 1. The second-order valence-electron chi connectivity index (χ2n) is 5.18. The molecule has 0 spiro atoms. The quantitative estimate of drug-likeness (QED) is 0.747. The summed E-state index contributed by atoms with van der Waals surface area (Å²) in [4.78, 5) is 17.6. The lowest BCUT2D eigenvalue weighted by Crippen LogP contribution is -2.35. The fraction of sp³-hybridized carbons (Fsp3) is 0.500. The lowest BCUT2D eigenvalue weighted by molar-refractivity contribution is -0.126. The van der Waals surface area contributed by atoms with Gasteiger partial charge in [0.25, 0.3) is 5.91 Å². The fourth-order valence-corrected chi connectivity index (χ4v) is 2.31. The number of benzene rings is 1. The van der Waals surface area contributed by atoms with E-state index in [1.807, 2.05) is 31.2 Å². The van der Waals surface area contributed by atoms with Crippen LogP contribution in [0, 0.1) is 17.2 Å². The van der Waals surface area contributed by atoms with E-state index in [1.165, 1.54) is 5.06 Å². The van der Waals surface area contributed by atoms with Gasteiger partial charge >= 0.3 is 0 Å². The Balaban J connectivity index is 1.84. The lowest BCUT2D eigenvalue weighted by Gasteiger charge is -2.28. The van der Waals surface area contributed by atoms with E-state index in [4.69, 9.17) is 10.1 Å². The fourth-order valence-electron chi connectivity index (χ4n) is 2.31. The number of hydroxylamine groups is 1. The van der Waals surface area contributed by atoms with Gasteiger partial charge < -0.3 is 0 Å². The zero-order valence-electron chi connectivity index (χ0n) is 11.8. The average Bonchev–Trinajstić information content (AvgIpc) is 2.48. The van der Waals surface area contributed by atoms with Crippen molar-refractivity contribution < 1.29 is 9.63 Å². The molecular weight excluding hydrogens is 252 g/mol. The molecule has 106 valence electrons. The van der Waals surface area contributed by atoms with Crippen LogP contribution in [-0.4, -0.2) is 12.5 Å². The minimum absolute atomic E-state index is 0.0223. The van der Waals surface area contributed by atoms with Gasteiger partial charge in [-0.1, -0.05) is 18.2 Å². The molecule has 0 saturated carbocycles. The van der Waals surface area contributed by atoms with Gasteiger partial charge in [-0.25, -0.2) is 0 Å². The molecule has 2 rings (SSSR count). The number of rotatable bonds is 6. The minimum Gasteiger partial charge on any atom is -0.272 e. The SMILES string of the molecule is CC(C#N)CCCCON1C(=O)CCc2ccccc21. The van der Waals surface area contributed by atoms with E-state index < -0.39 is 0 Å². The third-order valence-corrected chi connectivity index (χ3v) is 3.52. The molecular formula is C16H20N2O2. The van der Waals surface area contributed by atoms with Crippen molar-refractivity contribution in [2.45, 2.75) is 39.0 Å². The van der Waals surface area contributed by atoms with Crippen LogP contribution in [0.3, 0.4) is 0 Å². The number of nitrogens with zero attached hydrogens (tertiary/aromatic N) is 2. The summed E-state index contributed by atoms with van der Waals surface area (Å²) in [5.41, 5.74) is 2.03. The molecule has 0 saturated heterocycles. The van der Waals surface area contributed by atoms with Gasteiger partial charge in [-0.2, -0.15) is 10.3 Å². The smallest absolute Gasteiger partial charge is 0.251 e. The molecule has 1 amide bonds. The zero-order valence-corrected chi connectivity index (χ0v) is 11.8. The molecule has 1 aromatic rings. The number of carbonyl (C=O) groups excluding carboxylic acids is 1. The van der Waals surface area contributed by atoms with Crippen LogP contribution in [0.4, 0.5) is 5.69 Å². The van der Waals surface area contributed by atoms with Gasteiger partial charge in [0.05, 0.1) is 18.4 Å². The Hall–Kier alpha value is -1.86. The van der Waals surface area contributed by atoms with Crippen LogP contribution in [0.5, 0.6) is 0 Å². The standard InChI is InChI=1S/C16H20N2O2/c1-13(12-17)6-4-5-11-20-18-15-8-3-2-7-14(15)9-10-16(18)19/h2-3,7-8,13H,4-6,9-11H2,1H3. The Morgan fingerprint density at radius 1 is 1.35 bits per heavy atom. The van der Waals surface area contributed by atoms with E-state index in [9.17, 15) is 4.79 Å². The Bertz CT molecular complexity index is 507. The summed E-state index contributed by atoms with van der Waals surface area (Å²) in [6.07, 6.45) is 3.97. The second kappa shape index (κ2) is 7.06. The number of para-hydroxylation sites is 1. The monoisotopic (exact) mass is 272 g/mol. The summed E-state index contributed by atoms with van der Waals surface area (Å²) in [5.74, 6) is 0.112. The molecule has 0 bridgehead atoms. The molecule has 0 radical (unpaired) electrons. The van der Waals surface area contributed by atoms with Crippen molar-refractivity contribution in [1.29, 1.82) is 5.26 Å². The van der Waals surface area contributed by atoms with Gasteiger partial charge in [0.1, 0.15) is 0 Å². The van der Waals surface area contributed by atoms with E-state index in [2.05, 4.69) is 6.07 Å². The molecule has 0 aromatic heterocycles. The maximum atomic E-state index is 11.9. The minimum atomic E-state index is 0.0223.